The van der Waals surface area contributed by atoms with E-state index in [9.17, 15) is 8.42 Å². The Morgan fingerprint density at radius 2 is 1.73 bits per heavy atom. The maximum atomic E-state index is 11.1. The Hall–Kier alpha value is -1.41. The lowest BCUT2D eigenvalue weighted by atomic mass is 9.89. The van der Waals surface area contributed by atoms with Gasteiger partial charge in [0, 0.05) is 0 Å². The number of hydrogen-bond donors (Lipinski definition) is 0. The van der Waals surface area contributed by atoms with Crippen LogP contribution in [0, 0.1) is 0 Å². The normalized spacial score (nSPS) is 13.0. The van der Waals surface area contributed by atoms with Gasteiger partial charge in [0.15, 0.2) is 0 Å². The van der Waals surface area contributed by atoms with Crippen LogP contribution >= 0.6 is 11.3 Å². The molecule has 0 saturated heterocycles. The second-order valence-corrected chi connectivity index (χ2v) is 9.58. The average molecular weight is 399 g/mol. The molecule has 0 radical (unpaired) electrons. The topological polar surface area (TPSA) is 61.8 Å². The Kier molecular flexibility index (Phi) is 6.50. The van der Waals surface area contributed by atoms with Crippen molar-refractivity contribution in [3.8, 4) is 5.75 Å². The van der Waals surface area contributed by atoms with E-state index < -0.39 is 21.3 Å². The molecule has 144 valence electrons. The minimum Gasteiger partial charge on any atom is -0.485 e. The van der Waals surface area contributed by atoms with E-state index in [1.54, 1.807) is 23.5 Å². The molecule has 0 saturated carbocycles. The van der Waals surface area contributed by atoms with Crippen LogP contribution in [0.25, 0.3) is 0 Å². The molecule has 0 atom stereocenters. The highest BCUT2D eigenvalue weighted by molar-refractivity contribution is 7.85. The molecule has 0 amide bonds. The Bertz CT molecular complexity index is 808. The van der Waals surface area contributed by atoms with Gasteiger partial charge in [-0.3, -0.25) is 4.18 Å². The molecule has 2 rings (SSSR count). The van der Waals surface area contributed by atoms with Crippen molar-refractivity contribution in [2.75, 3.05) is 6.26 Å². The molecule has 1 aromatic heterocycles. The SMILES string of the molecule is CC(C)(OCc1ccsc1)C(C)(C)Oc1cccc(COS(C)(=O)=O)c1. The molecular weight excluding hydrogens is 372 g/mol. The standard InChI is InChI=1S/C19H26O5S2/c1-18(2,22-12-16-9-10-25-14-16)19(3,4)24-17-8-6-7-15(11-17)13-23-26(5,20)21/h6-11,14H,12-13H2,1-5H3. The largest absolute Gasteiger partial charge is 0.485 e. The van der Waals surface area contributed by atoms with Crippen LogP contribution < -0.4 is 4.74 Å². The summed E-state index contributed by atoms with van der Waals surface area (Å²) < 4.78 is 39.4. The van der Waals surface area contributed by atoms with Crippen molar-refractivity contribution >= 4 is 21.5 Å². The van der Waals surface area contributed by atoms with Crippen LogP contribution in [0.5, 0.6) is 5.75 Å². The molecule has 0 unspecified atom stereocenters. The van der Waals surface area contributed by atoms with Crippen LogP contribution in [-0.2, 0) is 32.3 Å². The summed E-state index contributed by atoms with van der Waals surface area (Å²) >= 11 is 1.64. The second-order valence-electron chi connectivity index (χ2n) is 7.16. The van der Waals surface area contributed by atoms with Gasteiger partial charge in [0.05, 0.1) is 19.5 Å². The van der Waals surface area contributed by atoms with Gasteiger partial charge >= 0.3 is 0 Å². The fourth-order valence-corrected chi connectivity index (χ4v) is 3.11. The Labute approximate surface area is 160 Å². The van der Waals surface area contributed by atoms with Gasteiger partial charge < -0.3 is 9.47 Å². The first kappa shape index (κ1) is 20.9. The first-order valence-electron chi connectivity index (χ1n) is 8.26. The van der Waals surface area contributed by atoms with Crippen molar-refractivity contribution in [2.24, 2.45) is 0 Å². The molecule has 0 aliphatic rings. The van der Waals surface area contributed by atoms with Crippen molar-refractivity contribution in [1.82, 2.24) is 0 Å². The van der Waals surface area contributed by atoms with Crippen LogP contribution in [-0.4, -0.2) is 25.9 Å². The summed E-state index contributed by atoms with van der Waals surface area (Å²) in [6.45, 7) is 8.44. The van der Waals surface area contributed by atoms with Crippen LogP contribution in [0.1, 0.15) is 38.8 Å². The third kappa shape index (κ3) is 6.09. The van der Waals surface area contributed by atoms with E-state index in [0.29, 0.717) is 12.4 Å². The summed E-state index contributed by atoms with van der Waals surface area (Å²) in [4.78, 5) is 0. The quantitative estimate of drug-likeness (QED) is 0.587. The van der Waals surface area contributed by atoms with Crippen molar-refractivity contribution in [2.45, 2.75) is 52.1 Å². The summed E-state index contributed by atoms with van der Waals surface area (Å²) in [5, 5.41) is 4.09. The second kappa shape index (κ2) is 8.08. The lowest BCUT2D eigenvalue weighted by molar-refractivity contribution is -0.141. The fourth-order valence-electron chi connectivity index (χ4n) is 2.10. The minimum atomic E-state index is -3.48. The van der Waals surface area contributed by atoms with E-state index in [-0.39, 0.29) is 6.61 Å². The van der Waals surface area contributed by atoms with Gasteiger partial charge in [-0.2, -0.15) is 19.8 Å². The summed E-state index contributed by atoms with van der Waals surface area (Å²) in [6.07, 6.45) is 1.03. The summed E-state index contributed by atoms with van der Waals surface area (Å²) in [5.41, 5.74) is 0.701. The molecule has 26 heavy (non-hydrogen) atoms. The van der Waals surface area contributed by atoms with Crippen molar-refractivity contribution in [3.05, 3.63) is 52.2 Å². The Balaban J connectivity index is 2.04. The van der Waals surface area contributed by atoms with Gasteiger partial charge in [-0.25, -0.2) is 0 Å². The van der Waals surface area contributed by atoms with Crippen LogP contribution in [0.15, 0.2) is 41.1 Å². The van der Waals surface area contributed by atoms with Crippen LogP contribution in [0.3, 0.4) is 0 Å². The molecular formula is C19H26O5S2. The van der Waals surface area contributed by atoms with E-state index >= 15 is 0 Å². The van der Waals surface area contributed by atoms with E-state index in [0.717, 1.165) is 17.4 Å². The highest BCUT2D eigenvalue weighted by atomic mass is 32.2. The molecule has 0 fully saturated rings. The number of rotatable bonds is 9. The monoisotopic (exact) mass is 398 g/mol. The van der Waals surface area contributed by atoms with Gasteiger partial charge in [0.25, 0.3) is 10.1 Å². The highest BCUT2D eigenvalue weighted by Gasteiger charge is 2.40. The van der Waals surface area contributed by atoms with Crippen molar-refractivity contribution in [1.29, 1.82) is 0 Å². The molecule has 1 aromatic carbocycles. The maximum Gasteiger partial charge on any atom is 0.264 e. The number of hydrogen-bond acceptors (Lipinski definition) is 6. The van der Waals surface area contributed by atoms with E-state index in [4.69, 9.17) is 13.7 Å². The third-order valence-corrected chi connectivity index (χ3v) is 5.62. The predicted octanol–water partition coefficient (Wildman–Crippen LogP) is 4.38. The van der Waals surface area contributed by atoms with Gasteiger partial charge in [0.2, 0.25) is 0 Å². The lowest BCUT2D eigenvalue weighted by Crippen LogP contribution is -2.51. The zero-order valence-electron chi connectivity index (χ0n) is 15.8. The predicted molar refractivity (Wildman–Crippen MR) is 104 cm³/mol. The molecule has 2 aromatic rings. The molecule has 7 heteroatoms. The van der Waals surface area contributed by atoms with Gasteiger partial charge in [0.1, 0.15) is 17.0 Å². The van der Waals surface area contributed by atoms with Gasteiger partial charge in [-0.1, -0.05) is 12.1 Å². The van der Waals surface area contributed by atoms with Crippen LogP contribution in [0.2, 0.25) is 0 Å². The molecule has 0 spiro atoms. The summed E-state index contributed by atoms with van der Waals surface area (Å²) in [6, 6.07) is 9.26. The third-order valence-electron chi connectivity index (χ3n) is 4.34. The van der Waals surface area contributed by atoms with Gasteiger partial charge in [-0.05, 0) is 67.8 Å². The first-order chi connectivity index (χ1) is 12.0. The molecule has 0 bridgehead atoms. The Morgan fingerprint density at radius 3 is 2.35 bits per heavy atom. The molecule has 0 aliphatic carbocycles. The molecule has 0 aliphatic heterocycles. The van der Waals surface area contributed by atoms with E-state index in [1.165, 1.54) is 0 Å². The fraction of sp³-hybridized carbons (Fsp3) is 0.474. The van der Waals surface area contributed by atoms with Crippen molar-refractivity contribution < 1.29 is 22.1 Å². The van der Waals surface area contributed by atoms with Gasteiger partial charge in [-0.15, -0.1) is 0 Å². The first-order valence-corrected chi connectivity index (χ1v) is 11.0. The summed E-state index contributed by atoms with van der Waals surface area (Å²) in [5.74, 6) is 0.636. The average Bonchev–Trinajstić information content (AvgIpc) is 3.04. The minimum absolute atomic E-state index is 0.0193. The smallest absolute Gasteiger partial charge is 0.264 e. The molecule has 0 N–H and O–H groups in total. The number of thiophene rings is 1. The zero-order valence-corrected chi connectivity index (χ0v) is 17.4. The number of ether oxygens (including phenoxy) is 2. The maximum absolute atomic E-state index is 11.1. The van der Waals surface area contributed by atoms with Crippen molar-refractivity contribution in [3.63, 3.8) is 0 Å². The number of benzene rings is 1. The lowest BCUT2D eigenvalue weighted by Gasteiger charge is -2.41. The van der Waals surface area contributed by atoms with E-state index in [1.807, 2.05) is 51.3 Å². The molecule has 5 nitrogen and oxygen atoms in total. The summed E-state index contributed by atoms with van der Waals surface area (Å²) in [7, 11) is -3.48. The highest BCUT2D eigenvalue weighted by Crippen LogP contribution is 2.32. The van der Waals surface area contributed by atoms with Crippen LogP contribution in [0.4, 0.5) is 0 Å². The molecule has 1 heterocycles. The van der Waals surface area contributed by atoms with E-state index in [2.05, 4.69) is 5.38 Å². The Morgan fingerprint density at radius 1 is 1.00 bits per heavy atom. The zero-order chi connectivity index (χ0) is 19.4.